The van der Waals surface area contributed by atoms with Crippen molar-refractivity contribution in [1.82, 2.24) is 4.83 Å². The SMILES string of the molecule is COc1ccc(Cl)cc1S(=O)(=O)N/N=C/c1c(F)cccc1Cl. The smallest absolute Gasteiger partial charge is 0.280 e. The van der Waals surface area contributed by atoms with E-state index in [9.17, 15) is 12.8 Å². The summed E-state index contributed by atoms with van der Waals surface area (Å²) in [6.45, 7) is 0. The van der Waals surface area contributed by atoms with Crippen LogP contribution < -0.4 is 9.57 Å². The van der Waals surface area contributed by atoms with E-state index in [2.05, 4.69) is 5.10 Å². The third-order valence-electron chi connectivity index (χ3n) is 2.78. The number of ether oxygens (including phenoxy) is 1. The Morgan fingerprint density at radius 1 is 1.26 bits per heavy atom. The summed E-state index contributed by atoms with van der Waals surface area (Å²) in [7, 11) is -2.72. The Morgan fingerprint density at radius 2 is 2.00 bits per heavy atom. The fraction of sp³-hybridized carbons (Fsp3) is 0.0714. The average Bonchev–Trinajstić information content (AvgIpc) is 2.50. The molecule has 0 fully saturated rings. The number of benzene rings is 2. The Balaban J connectivity index is 2.29. The average molecular weight is 377 g/mol. The van der Waals surface area contributed by atoms with Crippen LogP contribution in [0.2, 0.25) is 10.0 Å². The monoisotopic (exact) mass is 376 g/mol. The highest BCUT2D eigenvalue weighted by molar-refractivity contribution is 7.89. The van der Waals surface area contributed by atoms with Gasteiger partial charge in [0.2, 0.25) is 0 Å². The van der Waals surface area contributed by atoms with Gasteiger partial charge in [0.25, 0.3) is 10.0 Å². The predicted octanol–water partition coefficient (Wildman–Crippen LogP) is 3.45. The van der Waals surface area contributed by atoms with Crippen molar-refractivity contribution in [3.63, 3.8) is 0 Å². The van der Waals surface area contributed by atoms with Gasteiger partial charge in [-0.25, -0.2) is 4.39 Å². The third kappa shape index (κ3) is 4.13. The van der Waals surface area contributed by atoms with E-state index in [0.29, 0.717) is 0 Å². The second-order valence-corrected chi connectivity index (χ2v) is 6.76. The lowest BCUT2D eigenvalue weighted by Gasteiger charge is -2.09. The molecule has 2 aromatic rings. The standard InChI is InChI=1S/C14H11Cl2FN2O3S/c1-22-13-6-5-9(15)7-14(13)23(20,21)19-18-8-10-11(16)3-2-4-12(10)17/h2-8,19H,1H3/b18-8+. The van der Waals surface area contributed by atoms with Gasteiger partial charge >= 0.3 is 0 Å². The molecule has 2 aromatic carbocycles. The van der Waals surface area contributed by atoms with Crippen LogP contribution in [-0.4, -0.2) is 21.7 Å². The van der Waals surface area contributed by atoms with Gasteiger partial charge < -0.3 is 4.74 Å². The van der Waals surface area contributed by atoms with Crippen LogP contribution in [-0.2, 0) is 10.0 Å². The Kier molecular flexibility index (Phi) is 5.46. The molecule has 1 N–H and O–H groups in total. The summed E-state index contributed by atoms with van der Waals surface area (Å²) in [5, 5.41) is 3.85. The number of hydrazone groups is 1. The first-order valence-corrected chi connectivity index (χ1v) is 8.41. The topological polar surface area (TPSA) is 67.8 Å². The summed E-state index contributed by atoms with van der Waals surface area (Å²) in [5.41, 5.74) is -0.0325. The minimum atomic E-state index is -4.04. The van der Waals surface area contributed by atoms with E-state index in [0.717, 1.165) is 6.21 Å². The quantitative estimate of drug-likeness (QED) is 0.641. The summed E-state index contributed by atoms with van der Waals surface area (Å²) < 4.78 is 43.0. The number of methoxy groups -OCH3 is 1. The van der Waals surface area contributed by atoms with Crippen LogP contribution in [0.3, 0.4) is 0 Å². The maximum absolute atomic E-state index is 13.6. The Bertz CT molecular complexity index is 837. The summed E-state index contributed by atoms with van der Waals surface area (Å²) in [6, 6.07) is 8.18. The number of nitrogens with one attached hydrogen (secondary N) is 1. The van der Waals surface area contributed by atoms with Crippen molar-refractivity contribution in [2.24, 2.45) is 5.10 Å². The van der Waals surface area contributed by atoms with E-state index >= 15 is 0 Å². The molecule has 0 saturated carbocycles. The zero-order valence-corrected chi connectivity index (χ0v) is 14.1. The van der Waals surface area contributed by atoms with E-state index < -0.39 is 15.8 Å². The summed E-state index contributed by atoms with van der Waals surface area (Å²) >= 11 is 11.6. The summed E-state index contributed by atoms with van der Waals surface area (Å²) in [4.78, 5) is 1.77. The van der Waals surface area contributed by atoms with Crippen molar-refractivity contribution < 1.29 is 17.5 Å². The summed E-state index contributed by atoms with van der Waals surface area (Å²) in [6.07, 6.45) is 0.978. The Hall–Kier alpha value is -1.83. The molecule has 0 bridgehead atoms. The zero-order valence-electron chi connectivity index (χ0n) is 11.8. The molecule has 5 nitrogen and oxygen atoms in total. The molecule has 0 amide bonds. The van der Waals surface area contributed by atoms with Gasteiger partial charge in [0.15, 0.2) is 0 Å². The fourth-order valence-corrected chi connectivity index (χ4v) is 3.14. The maximum atomic E-state index is 13.6. The van der Waals surface area contributed by atoms with Crippen molar-refractivity contribution in [3.8, 4) is 5.75 Å². The number of sulfonamides is 1. The van der Waals surface area contributed by atoms with Crippen LogP contribution in [0.25, 0.3) is 0 Å². The number of nitrogens with zero attached hydrogens (tertiary/aromatic N) is 1. The molecule has 0 radical (unpaired) electrons. The molecule has 23 heavy (non-hydrogen) atoms. The van der Waals surface area contributed by atoms with Gasteiger partial charge in [-0.3, -0.25) is 0 Å². The van der Waals surface area contributed by atoms with E-state index in [1.807, 2.05) is 4.83 Å². The molecule has 122 valence electrons. The van der Waals surface area contributed by atoms with Crippen molar-refractivity contribution in [3.05, 3.63) is 57.8 Å². The third-order valence-corrected chi connectivity index (χ3v) is 4.59. The number of halogens is 3. The maximum Gasteiger partial charge on any atom is 0.280 e. The fourth-order valence-electron chi connectivity index (χ4n) is 1.70. The predicted molar refractivity (Wildman–Crippen MR) is 87.3 cm³/mol. The van der Waals surface area contributed by atoms with Crippen LogP contribution in [0.4, 0.5) is 4.39 Å². The molecule has 0 aliphatic heterocycles. The molecular weight excluding hydrogens is 366 g/mol. The van der Waals surface area contributed by atoms with Gasteiger partial charge in [-0.1, -0.05) is 29.3 Å². The van der Waals surface area contributed by atoms with Gasteiger partial charge in [-0.05, 0) is 30.3 Å². The lowest BCUT2D eigenvalue weighted by molar-refractivity contribution is 0.402. The van der Waals surface area contributed by atoms with Crippen LogP contribution >= 0.6 is 23.2 Å². The van der Waals surface area contributed by atoms with E-state index in [1.165, 1.54) is 43.5 Å². The molecule has 0 saturated heterocycles. The molecular formula is C14H11Cl2FN2O3S. The van der Waals surface area contributed by atoms with Gasteiger partial charge in [0.1, 0.15) is 16.5 Å². The molecule has 9 heteroatoms. The van der Waals surface area contributed by atoms with E-state index in [-0.39, 0.29) is 26.3 Å². The van der Waals surface area contributed by atoms with Gasteiger partial charge in [-0.2, -0.15) is 18.4 Å². The first-order valence-electron chi connectivity index (χ1n) is 6.17. The molecule has 0 aromatic heterocycles. The van der Waals surface area contributed by atoms with E-state index in [4.69, 9.17) is 27.9 Å². The van der Waals surface area contributed by atoms with Crippen molar-refractivity contribution in [2.45, 2.75) is 4.90 Å². The van der Waals surface area contributed by atoms with Crippen LogP contribution in [0.15, 0.2) is 46.4 Å². The molecule has 2 rings (SSSR count). The Labute approximate surface area is 142 Å². The molecule has 0 atom stereocenters. The highest BCUT2D eigenvalue weighted by Crippen LogP contribution is 2.26. The largest absolute Gasteiger partial charge is 0.495 e. The normalized spacial score (nSPS) is 11.7. The molecule has 0 spiro atoms. The highest BCUT2D eigenvalue weighted by atomic mass is 35.5. The van der Waals surface area contributed by atoms with Crippen molar-refractivity contribution in [1.29, 1.82) is 0 Å². The van der Waals surface area contributed by atoms with Gasteiger partial charge in [-0.15, -0.1) is 0 Å². The first kappa shape index (κ1) is 17.5. The number of hydrogen-bond acceptors (Lipinski definition) is 4. The number of rotatable bonds is 5. The minimum Gasteiger partial charge on any atom is -0.495 e. The van der Waals surface area contributed by atoms with Crippen LogP contribution in [0, 0.1) is 5.82 Å². The van der Waals surface area contributed by atoms with Gasteiger partial charge in [0, 0.05) is 10.6 Å². The van der Waals surface area contributed by atoms with Crippen LogP contribution in [0.5, 0.6) is 5.75 Å². The minimum absolute atomic E-state index is 0.0325. The summed E-state index contributed by atoms with van der Waals surface area (Å²) in [5.74, 6) is -0.526. The van der Waals surface area contributed by atoms with Gasteiger partial charge in [0.05, 0.1) is 18.3 Å². The van der Waals surface area contributed by atoms with Crippen molar-refractivity contribution >= 4 is 39.4 Å². The molecule has 0 aliphatic carbocycles. The van der Waals surface area contributed by atoms with E-state index in [1.54, 1.807) is 0 Å². The Morgan fingerprint density at radius 3 is 2.65 bits per heavy atom. The lowest BCUT2D eigenvalue weighted by atomic mass is 10.2. The molecule has 0 aliphatic rings. The number of hydrogen-bond donors (Lipinski definition) is 1. The molecule has 0 unspecified atom stereocenters. The lowest BCUT2D eigenvalue weighted by Crippen LogP contribution is -2.19. The van der Waals surface area contributed by atoms with Crippen LogP contribution in [0.1, 0.15) is 5.56 Å². The second kappa shape index (κ2) is 7.16. The molecule has 0 heterocycles. The first-order chi connectivity index (χ1) is 10.8. The van der Waals surface area contributed by atoms with Crippen molar-refractivity contribution in [2.75, 3.05) is 7.11 Å². The second-order valence-electron chi connectivity index (χ2n) is 4.28. The zero-order chi connectivity index (χ0) is 17.0. The highest BCUT2D eigenvalue weighted by Gasteiger charge is 2.19.